The summed E-state index contributed by atoms with van der Waals surface area (Å²) in [6, 6.07) is 3.91. The minimum atomic E-state index is 0.0547. The van der Waals surface area contributed by atoms with E-state index in [4.69, 9.17) is 10.1 Å². The third-order valence-electron chi connectivity index (χ3n) is 4.47. The lowest BCUT2D eigenvalue weighted by Crippen LogP contribution is -2.14. The molecule has 1 atom stereocenters. The third kappa shape index (κ3) is 3.16. The Morgan fingerprint density at radius 1 is 1.16 bits per heavy atom. The van der Waals surface area contributed by atoms with E-state index >= 15 is 0 Å². The van der Waals surface area contributed by atoms with Crippen LogP contribution < -0.4 is 0 Å². The number of aryl methyl sites for hydroxylation is 1. The van der Waals surface area contributed by atoms with E-state index < -0.39 is 0 Å². The van der Waals surface area contributed by atoms with Crippen molar-refractivity contribution in [2.45, 2.75) is 52.0 Å². The standard InChI is InChI=1S/C17H22N8/c1-12(2)11-15-19-16(25(21-15)13-6-8-18-9-7-13)14-5-3-4-10-24-17(14)20-22-23-24/h6-9,12,14H,3-5,10-11H2,1-2H3. The van der Waals surface area contributed by atoms with E-state index in [-0.39, 0.29) is 5.92 Å². The van der Waals surface area contributed by atoms with Crippen molar-refractivity contribution in [3.8, 4) is 5.69 Å². The molecule has 1 aliphatic rings. The molecule has 0 aliphatic carbocycles. The van der Waals surface area contributed by atoms with E-state index in [1.807, 2.05) is 21.5 Å². The van der Waals surface area contributed by atoms with Crippen molar-refractivity contribution in [1.29, 1.82) is 0 Å². The molecule has 0 fully saturated rings. The van der Waals surface area contributed by atoms with Crippen molar-refractivity contribution < 1.29 is 0 Å². The van der Waals surface area contributed by atoms with Crippen LogP contribution in [-0.4, -0.2) is 40.0 Å². The smallest absolute Gasteiger partial charge is 0.161 e. The topological polar surface area (TPSA) is 87.2 Å². The van der Waals surface area contributed by atoms with Crippen LogP contribution in [0.2, 0.25) is 0 Å². The summed E-state index contributed by atoms with van der Waals surface area (Å²) in [5, 5.41) is 17.1. The van der Waals surface area contributed by atoms with Crippen LogP contribution in [0.3, 0.4) is 0 Å². The summed E-state index contributed by atoms with van der Waals surface area (Å²) in [5.74, 6) is 3.22. The summed E-state index contributed by atoms with van der Waals surface area (Å²) in [7, 11) is 0. The third-order valence-corrected chi connectivity index (χ3v) is 4.47. The molecule has 8 nitrogen and oxygen atoms in total. The number of hydrogen-bond acceptors (Lipinski definition) is 6. The van der Waals surface area contributed by atoms with E-state index in [2.05, 4.69) is 34.4 Å². The number of aromatic nitrogens is 8. The first kappa shape index (κ1) is 15.9. The molecule has 0 amide bonds. The number of nitrogens with zero attached hydrogens (tertiary/aromatic N) is 8. The number of pyridine rings is 1. The van der Waals surface area contributed by atoms with E-state index in [1.165, 1.54) is 0 Å². The van der Waals surface area contributed by atoms with E-state index in [9.17, 15) is 0 Å². The average Bonchev–Trinajstić information content (AvgIpc) is 3.18. The van der Waals surface area contributed by atoms with E-state index in [0.29, 0.717) is 5.92 Å². The van der Waals surface area contributed by atoms with Crippen LogP contribution in [0.1, 0.15) is 56.5 Å². The van der Waals surface area contributed by atoms with Crippen LogP contribution in [0.4, 0.5) is 0 Å². The lowest BCUT2D eigenvalue weighted by atomic mass is 10.0. The highest BCUT2D eigenvalue weighted by Crippen LogP contribution is 2.31. The number of hydrogen-bond donors (Lipinski definition) is 0. The van der Waals surface area contributed by atoms with Crippen LogP contribution in [0.5, 0.6) is 0 Å². The molecule has 1 aliphatic heterocycles. The SMILES string of the molecule is CC(C)Cc1nc(C2CCCCn3nnnc32)n(-c2ccncc2)n1. The van der Waals surface area contributed by atoms with Gasteiger partial charge in [0, 0.05) is 25.4 Å². The molecule has 3 aromatic rings. The Labute approximate surface area is 146 Å². The Morgan fingerprint density at radius 3 is 2.80 bits per heavy atom. The second-order valence-corrected chi connectivity index (χ2v) is 6.91. The maximum atomic E-state index is 4.89. The summed E-state index contributed by atoms with van der Waals surface area (Å²) in [6.45, 7) is 5.22. The van der Waals surface area contributed by atoms with Crippen LogP contribution >= 0.6 is 0 Å². The highest BCUT2D eigenvalue weighted by molar-refractivity contribution is 5.31. The van der Waals surface area contributed by atoms with Gasteiger partial charge in [-0.15, -0.1) is 5.10 Å². The van der Waals surface area contributed by atoms with E-state index in [0.717, 1.165) is 55.4 Å². The molecule has 0 N–H and O–H groups in total. The molecule has 0 bridgehead atoms. The fraction of sp³-hybridized carbons (Fsp3) is 0.529. The second-order valence-electron chi connectivity index (χ2n) is 6.91. The number of rotatable bonds is 4. The van der Waals surface area contributed by atoms with Gasteiger partial charge in [-0.3, -0.25) is 4.98 Å². The maximum absolute atomic E-state index is 4.89. The van der Waals surface area contributed by atoms with Crippen molar-refractivity contribution in [2.24, 2.45) is 5.92 Å². The van der Waals surface area contributed by atoms with Crippen molar-refractivity contribution >= 4 is 0 Å². The molecule has 8 heteroatoms. The maximum Gasteiger partial charge on any atom is 0.161 e. The van der Waals surface area contributed by atoms with Gasteiger partial charge >= 0.3 is 0 Å². The highest BCUT2D eigenvalue weighted by Gasteiger charge is 2.29. The van der Waals surface area contributed by atoms with Crippen molar-refractivity contribution in [3.05, 3.63) is 42.0 Å². The van der Waals surface area contributed by atoms with Gasteiger partial charge in [-0.1, -0.05) is 20.3 Å². The monoisotopic (exact) mass is 338 g/mol. The van der Waals surface area contributed by atoms with Crippen molar-refractivity contribution in [2.75, 3.05) is 0 Å². The minimum absolute atomic E-state index is 0.0547. The summed E-state index contributed by atoms with van der Waals surface area (Å²) in [5.41, 5.74) is 0.968. The van der Waals surface area contributed by atoms with Gasteiger partial charge in [-0.25, -0.2) is 14.3 Å². The average molecular weight is 338 g/mol. The normalized spacial score (nSPS) is 17.5. The van der Waals surface area contributed by atoms with Gasteiger partial charge in [0.25, 0.3) is 0 Å². The summed E-state index contributed by atoms with van der Waals surface area (Å²) >= 11 is 0. The zero-order valence-corrected chi connectivity index (χ0v) is 14.6. The molecule has 3 aromatic heterocycles. The van der Waals surface area contributed by atoms with Crippen LogP contribution in [0.25, 0.3) is 5.69 Å². The van der Waals surface area contributed by atoms with Crippen molar-refractivity contribution in [3.63, 3.8) is 0 Å². The van der Waals surface area contributed by atoms with Crippen LogP contribution in [-0.2, 0) is 13.0 Å². The van der Waals surface area contributed by atoms with Gasteiger partial charge in [-0.2, -0.15) is 5.10 Å². The Hall–Kier alpha value is -2.64. The number of fused-ring (bicyclic) bond motifs is 1. The van der Waals surface area contributed by atoms with Gasteiger partial charge in [0.1, 0.15) is 5.82 Å². The Balaban J connectivity index is 1.82. The second kappa shape index (κ2) is 6.70. The van der Waals surface area contributed by atoms with E-state index in [1.54, 1.807) is 12.4 Å². The first-order chi connectivity index (χ1) is 12.2. The molecule has 0 spiro atoms. The predicted octanol–water partition coefficient (Wildman–Crippen LogP) is 2.16. The van der Waals surface area contributed by atoms with Gasteiger partial charge in [-0.05, 0) is 41.3 Å². The van der Waals surface area contributed by atoms with Gasteiger partial charge in [0.05, 0.1) is 11.6 Å². The minimum Gasteiger partial charge on any atom is -0.265 e. The molecule has 1 unspecified atom stereocenters. The Kier molecular flexibility index (Phi) is 4.25. The summed E-state index contributed by atoms with van der Waals surface area (Å²) in [4.78, 5) is 9.01. The predicted molar refractivity (Wildman–Crippen MR) is 91.2 cm³/mol. The molecule has 130 valence electrons. The molecule has 0 radical (unpaired) electrons. The lowest BCUT2D eigenvalue weighted by molar-refractivity contribution is 0.556. The molecule has 0 saturated carbocycles. The fourth-order valence-electron chi connectivity index (χ4n) is 3.33. The summed E-state index contributed by atoms with van der Waals surface area (Å²) in [6.07, 6.45) is 7.57. The molecule has 0 saturated heterocycles. The molecular weight excluding hydrogens is 316 g/mol. The molecule has 25 heavy (non-hydrogen) atoms. The molecule has 4 rings (SSSR count). The van der Waals surface area contributed by atoms with Crippen molar-refractivity contribution in [1.82, 2.24) is 40.0 Å². The van der Waals surface area contributed by atoms with Crippen LogP contribution in [0, 0.1) is 5.92 Å². The quantitative estimate of drug-likeness (QED) is 0.724. The van der Waals surface area contributed by atoms with Crippen LogP contribution in [0.15, 0.2) is 24.5 Å². The Bertz CT molecular complexity index is 835. The largest absolute Gasteiger partial charge is 0.265 e. The molecule has 0 aromatic carbocycles. The summed E-state index contributed by atoms with van der Waals surface area (Å²) < 4.78 is 3.85. The van der Waals surface area contributed by atoms with Gasteiger partial charge < -0.3 is 0 Å². The first-order valence-corrected chi connectivity index (χ1v) is 8.84. The fourth-order valence-corrected chi connectivity index (χ4v) is 3.33. The number of tetrazole rings is 1. The van der Waals surface area contributed by atoms with Gasteiger partial charge in [0.15, 0.2) is 11.6 Å². The lowest BCUT2D eigenvalue weighted by Gasteiger charge is -2.13. The Morgan fingerprint density at radius 2 is 2.00 bits per heavy atom. The molecule has 4 heterocycles. The zero-order chi connectivity index (χ0) is 17.2. The highest BCUT2D eigenvalue weighted by atomic mass is 15.5. The first-order valence-electron chi connectivity index (χ1n) is 8.84. The molecular formula is C17H22N8. The van der Waals surface area contributed by atoms with Gasteiger partial charge in [0.2, 0.25) is 0 Å². The zero-order valence-electron chi connectivity index (χ0n) is 14.6.